The monoisotopic (exact) mass is 281 g/mol. The zero-order chi connectivity index (χ0) is 14.5. The minimum Gasteiger partial charge on any atom is -0.364 e. The van der Waals surface area contributed by atoms with Crippen molar-refractivity contribution in [2.45, 2.75) is 32.9 Å². The van der Waals surface area contributed by atoms with Crippen molar-refractivity contribution in [3.05, 3.63) is 48.5 Å². The summed E-state index contributed by atoms with van der Waals surface area (Å²) in [5.74, 6) is 0.791. The maximum absolute atomic E-state index is 4.46. The third-order valence-electron chi connectivity index (χ3n) is 3.46. The van der Waals surface area contributed by atoms with Gasteiger partial charge in [-0.1, -0.05) is 43.7 Å². The van der Waals surface area contributed by atoms with Crippen LogP contribution in [0.25, 0.3) is 11.2 Å². The van der Waals surface area contributed by atoms with E-state index in [0.29, 0.717) is 0 Å². The second-order valence-corrected chi connectivity index (χ2v) is 5.03. The van der Waals surface area contributed by atoms with Gasteiger partial charge in [-0.3, -0.25) is 0 Å². The average molecular weight is 281 g/mol. The molecule has 0 spiro atoms. The number of aryl methyl sites for hydroxylation is 1. The molecule has 0 bridgehead atoms. The highest BCUT2D eigenvalue weighted by molar-refractivity contribution is 5.82. The van der Waals surface area contributed by atoms with E-state index in [-0.39, 0.29) is 0 Å². The molecule has 3 rings (SSSR count). The Bertz CT molecular complexity index is 705. The number of fused-ring (bicyclic) bond motifs is 1. The Labute approximate surface area is 124 Å². The van der Waals surface area contributed by atoms with Gasteiger partial charge in [0.05, 0.1) is 6.33 Å². The van der Waals surface area contributed by atoms with Crippen LogP contribution in [0, 0.1) is 0 Å². The number of rotatable bonds is 6. The standard InChI is InChI=1S/C16H19N5/c1-2-3-9-21-12-20-14-15(18-11-19-16(14)21)17-10-13-7-5-4-6-8-13/h4-8,11-12H,2-3,9-10H2,1H3,(H,17,18,19). The van der Waals surface area contributed by atoms with Crippen molar-refractivity contribution in [1.29, 1.82) is 0 Å². The second kappa shape index (κ2) is 6.35. The highest BCUT2D eigenvalue weighted by Gasteiger charge is 2.09. The molecule has 3 aromatic rings. The molecule has 2 heterocycles. The molecule has 0 fully saturated rings. The Morgan fingerprint density at radius 1 is 1.10 bits per heavy atom. The summed E-state index contributed by atoms with van der Waals surface area (Å²) < 4.78 is 2.09. The summed E-state index contributed by atoms with van der Waals surface area (Å²) in [5.41, 5.74) is 2.95. The van der Waals surface area contributed by atoms with Gasteiger partial charge in [0.2, 0.25) is 0 Å². The highest BCUT2D eigenvalue weighted by atomic mass is 15.1. The van der Waals surface area contributed by atoms with Gasteiger partial charge in [-0.2, -0.15) is 0 Å². The molecule has 108 valence electrons. The van der Waals surface area contributed by atoms with Crippen molar-refractivity contribution in [3.8, 4) is 0 Å². The predicted octanol–water partition coefficient (Wildman–Crippen LogP) is 3.24. The van der Waals surface area contributed by atoms with Crippen molar-refractivity contribution in [1.82, 2.24) is 19.5 Å². The first-order valence-corrected chi connectivity index (χ1v) is 7.32. The van der Waals surface area contributed by atoms with Crippen LogP contribution >= 0.6 is 0 Å². The fourth-order valence-electron chi connectivity index (χ4n) is 2.28. The first-order valence-electron chi connectivity index (χ1n) is 7.32. The van der Waals surface area contributed by atoms with Gasteiger partial charge >= 0.3 is 0 Å². The summed E-state index contributed by atoms with van der Waals surface area (Å²) in [4.78, 5) is 13.1. The number of aromatic nitrogens is 4. The quantitative estimate of drug-likeness (QED) is 0.753. The zero-order valence-electron chi connectivity index (χ0n) is 12.2. The fraction of sp³-hybridized carbons (Fsp3) is 0.312. The lowest BCUT2D eigenvalue weighted by atomic mass is 10.2. The first kappa shape index (κ1) is 13.5. The minimum absolute atomic E-state index is 0.731. The van der Waals surface area contributed by atoms with E-state index >= 15 is 0 Å². The molecule has 5 heteroatoms. The van der Waals surface area contributed by atoms with Gasteiger partial charge in [0.25, 0.3) is 0 Å². The summed E-state index contributed by atoms with van der Waals surface area (Å²) in [5, 5.41) is 3.35. The Hall–Kier alpha value is -2.43. The molecule has 0 amide bonds. The molecular weight excluding hydrogens is 262 g/mol. The van der Waals surface area contributed by atoms with Crippen molar-refractivity contribution in [3.63, 3.8) is 0 Å². The molecule has 21 heavy (non-hydrogen) atoms. The fourth-order valence-corrected chi connectivity index (χ4v) is 2.28. The largest absolute Gasteiger partial charge is 0.364 e. The van der Waals surface area contributed by atoms with Crippen LogP contribution in [0.3, 0.4) is 0 Å². The topological polar surface area (TPSA) is 55.6 Å². The number of nitrogens with one attached hydrogen (secondary N) is 1. The molecule has 1 N–H and O–H groups in total. The number of benzene rings is 1. The van der Waals surface area contributed by atoms with E-state index < -0.39 is 0 Å². The lowest BCUT2D eigenvalue weighted by Crippen LogP contribution is -2.03. The second-order valence-electron chi connectivity index (χ2n) is 5.03. The summed E-state index contributed by atoms with van der Waals surface area (Å²) in [6.07, 6.45) is 5.73. The average Bonchev–Trinajstić information content (AvgIpc) is 2.95. The van der Waals surface area contributed by atoms with E-state index in [4.69, 9.17) is 0 Å². The molecule has 0 saturated carbocycles. The maximum Gasteiger partial charge on any atom is 0.165 e. The van der Waals surface area contributed by atoms with Crippen molar-refractivity contribution >= 4 is 17.0 Å². The molecule has 0 aliphatic heterocycles. The van der Waals surface area contributed by atoms with Crippen molar-refractivity contribution in [2.75, 3.05) is 5.32 Å². The lowest BCUT2D eigenvalue weighted by Gasteiger charge is -2.06. The first-order chi connectivity index (χ1) is 10.4. The van der Waals surface area contributed by atoms with Crippen LogP contribution in [0.4, 0.5) is 5.82 Å². The van der Waals surface area contributed by atoms with E-state index in [1.54, 1.807) is 6.33 Å². The number of hydrogen-bond donors (Lipinski definition) is 1. The smallest absolute Gasteiger partial charge is 0.165 e. The minimum atomic E-state index is 0.731. The molecule has 0 unspecified atom stereocenters. The van der Waals surface area contributed by atoms with E-state index in [9.17, 15) is 0 Å². The molecule has 0 radical (unpaired) electrons. The Morgan fingerprint density at radius 3 is 2.76 bits per heavy atom. The molecule has 0 aliphatic carbocycles. The van der Waals surface area contributed by atoms with Crippen molar-refractivity contribution in [2.24, 2.45) is 0 Å². The SMILES string of the molecule is CCCCn1cnc2c(NCc3ccccc3)ncnc21. The molecule has 1 aromatic carbocycles. The summed E-state index contributed by atoms with van der Waals surface area (Å²) >= 11 is 0. The van der Waals surface area contributed by atoms with Crippen LogP contribution in [0.2, 0.25) is 0 Å². The van der Waals surface area contributed by atoms with E-state index in [0.717, 1.165) is 42.9 Å². The summed E-state index contributed by atoms with van der Waals surface area (Å²) in [7, 11) is 0. The molecule has 5 nitrogen and oxygen atoms in total. The number of anilines is 1. The maximum atomic E-state index is 4.46. The molecule has 2 aromatic heterocycles. The number of imidazole rings is 1. The summed E-state index contributed by atoms with van der Waals surface area (Å²) in [6, 6.07) is 10.3. The van der Waals surface area contributed by atoms with E-state index in [1.165, 1.54) is 5.56 Å². The number of nitrogens with zero attached hydrogens (tertiary/aromatic N) is 4. The summed E-state index contributed by atoms with van der Waals surface area (Å²) in [6.45, 7) is 3.86. The van der Waals surface area contributed by atoms with Gasteiger partial charge in [-0.05, 0) is 12.0 Å². The van der Waals surface area contributed by atoms with Gasteiger partial charge in [0, 0.05) is 13.1 Å². The highest BCUT2D eigenvalue weighted by Crippen LogP contribution is 2.18. The lowest BCUT2D eigenvalue weighted by molar-refractivity contribution is 0.641. The zero-order valence-corrected chi connectivity index (χ0v) is 12.2. The molecular formula is C16H19N5. The molecule has 0 atom stereocenters. The predicted molar refractivity (Wildman–Crippen MR) is 84.0 cm³/mol. The normalized spacial score (nSPS) is 10.9. The Morgan fingerprint density at radius 2 is 1.95 bits per heavy atom. The van der Waals surface area contributed by atoms with Gasteiger partial charge in [-0.15, -0.1) is 0 Å². The van der Waals surface area contributed by atoms with Gasteiger partial charge in [-0.25, -0.2) is 15.0 Å². The van der Waals surface area contributed by atoms with Gasteiger partial charge in [0.15, 0.2) is 11.5 Å². The van der Waals surface area contributed by atoms with E-state index in [2.05, 4.69) is 43.9 Å². The van der Waals surface area contributed by atoms with Crippen molar-refractivity contribution < 1.29 is 0 Å². The van der Waals surface area contributed by atoms with Gasteiger partial charge in [0.1, 0.15) is 11.8 Å². The van der Waals surface area contributed by atoms with Crippen LogP contribution in [0.1, 0.15) is 25.3 Å². The van der Waals surface area contributed by atoms with Crippen LogP contribution in [-0.2, 0) is 13.1 Å². The third kappa shape index (κ3) is 3.02. The van der Waals surface area contributed by atoms with Crippen LogP contribution in [0.5, 0.6) is 0 Å². The van der Waals surface area contributed by atoms with Crippen LogP contribution in [-0.4, -0.2) is 19.5 Å². The number of unbranched alkanes of at least 4 members (excludes halogenated alkanes) is 1. The Balaban J connectivity index is 1.81. The van der Waals surface area contributed by atoms with Gasteiger partial charge < -0.3 is 9.88 Å². The molecule has 0 saturated heterocycles. The van der Waals surface area contributed by atoms with Crippen LogP contribution in [0.15, 0.2) is 43.0 Å². The molecule has 0 aliphatic rings. The van der Waals surface area contributed by atoms with E-state index in [1.807, 2.05) is 24.5 Å². The Kier molecular flexibility index (Phi) is 4.09. The number of hydrogen-bond acceptors (Lipinski definition) is 4. The van der Waals surface area contributed by atoms with Crippen LogP contribution < -0.4 is 5.32 Å². The third-order valence-corrected chi connectivity index (χ3v) is 3.46.